The van der Waals surface area contributed by atoms with Gasteiger partial charge < -0.3 is 9.30 Å². The molecular formula is C14H17BrClFN2O. The molecular weight excluding hydrogens is 347 g/mol. The van der Waals surface area contributed by atoms with Crippen LogP contribution in [0.25, 0.3) is 11.0 Å². The molecule has 1 atom stereocenters. The summed E-state index contributed by atoms with van der Waals surface area (Å²) in [6.45, 7) is 2.70. The van der Waals surface area contributed by atoms with E-state index in [4.69, 9.17) is 16.3 Å². The molecule has 1 aromatic carbocycles. The number of imidazole rings is 1. The fraction of sp³-hybridized carbons (Fsp3) is 0.500. The molecule has 0 spiro atoms. The molecule has 0 radical (unpaired) electrons. The van der Waals surface area contributed by atoms with Gasteiger partial charge in [0.15, 0.2) is 0 Å². The fourth-order valence-electron chi connectivity index (χ4n) is 2.45. The number of hydrogen-bond donors (Lipinski definition) is 0. The lowest BCUT2D eigenvalue weighted by Crippen LogP contribution is -2.16. The normalized spacial score (nSPS) is 13.1. The van der Waals surface area contributed by atoms with Crippen molar-refractivity contribution in [1.29, 1.82) is 0 Å². The second kappa shape index (κ2) is 6.87. The minimum absolute atomic E-state index is 0.154. The quantitative estimate of drug-likeness (QED) is 0.698. The molecule has 0 aliphatic heterocycles. The Hall–Kier alpha value is -0.650. The Balaban J connectivity index is 2.61. The zero-order chi connectivity index (χ0) is 14.7. The molecule has 0 saturated heterocycles. The summed E-state index contributed by atoms with van der Waals surface area (Å²) in [6, 6.07) is 3.34. The summed E-state index contributed by atoms with van der Waals surface area (Å²) in [6.07, 6.45) is 1.98. The fourth-order valence-corrected chi connectivity index (χ4v) is 2.97. The molecule has 0 bridgehead atoms. The summed E-state index contributed by atoms with van der Waals surface area (Å²) in [7, 11) is 1.68. The summed E-state index contributed by atoms with van der Waals surface area (Å²) >= 11 is 9.23. The standard InChI is InChI=1S/C14H17BrClFN2O/c1-3-4-9(8-20-2)19-13-5-10(15)11(17)6-12(13)18-14(19)7-16/h5-6,9H,3-4,7-8H2,1-2H3. The zero-order valence-corrected chi connectivity index (χ0v) is 13.8. The van der Waals surface area contributed by atoms with Crippen LogP contribution in [-0.2, 0) is 10.6 Å². The van der Waals surface area contributed by atoms with Gasteiger partial charge >= 0.3 is 0 Å². The van der Waals surface area contributed by atoms with Crippen molar-refractivity contribution in [2.45, 2.75) is 31.7 Å². The monoisotopic (exact) mass is 362 g/mol. The van der Waals surface area contributed by atoms with E-state index in [0.717, 1.165) is 24.2 Å². The van der Waals surface area contributed by atoms with Crippen LogP contribution in [0.5, 0.6) is 0 Å². The van der Waals surface area contributed by atoms with Crippen molar-refractivity contribution in [2.24, 2.45) is 0 Å². The van der Waals surface area contributed by atoms with E-state index in [2.05, 4.69) is 32.4 Å². The third kappa shape index (κ3) is 3.00. The molecule has 0 aliphatic rings. The van der Waals surface area contributed by atoms with E-state index in [-0.39, 0.29) is 17.7 Å². The number of fused-ring (bicyclic) bond motifs is 1. The lowest BCUT2D eigenvalue weighted by atomic mass is 10.1. The third-order valence-corrected chi connectivity index (χ3v) is 4.12. The molecule has 110 valence electrons. The first kappa shape index (κ1) is 15.7. The topological polar surface area (TPSA) is 27.1 Å². The van der Waals surface area contributed by atoms with Gasteiger partial charge in [-0.1, -0.05) is 13.3 Å². The number of methoxy groups -OCH3 is 1. The number of benzene rings is 1. The van der Waals surface area contributed by atoms with E-state index in [9.17, 15) is 4.39 Å². The lowest BCUT2D eigenvalue weighted by Gasteiger charge is -2.20. The van der Waals surface area contributed by atoms with Gasteiger partial charge in [-0.15, -0.1) is 11.6 Å². The average molecular weight is 364 g/mol. The van der Waals surface area contributed by atoms with Gasteiger partial charge in [-0.2, -0.15) is 0 Å². The number of halogens is 3. The molecule has 3 nitrogen and oxygen atoms in total. The van der Waals surface area contributed by atoms with E-state index >= 15 is 0 Å². The first-order valence-corrected chi connectivity index (χ1v) is 7.85. The van der Waals surface area contributed by atoms with E-state index in [1.807, 2.05) is 0 Å². The maximum absolute atomic E-state index is 13.6. The molecule has 1 unspecified atom stereocenters. The van der Waals surface area contributed by atoms with Crippen molar-refractivity contribution in [3.63, 3.8) is 0 Å². The average Bonchev–Trinajstić information content (AvgIpc) is 2.76. The molecule has 0 fully saturated rings. The van der Waals surface area contributed by atoms with Crippen LogP contribution in [0.2, 0.25) is 0 Å². The second-order valence-electron chi connectivity index (χ2n) is 4.68. The second-order valence-corrected chi connectivity index (χ2v) is 5.81. The highest BCUT2D eigenvalue weighted by Gasteiger charge is 2.19. The van der Waals surface area contributed by atoms with Gasteiger partial charge in [0, 0.05) is 13.2 Å². The number of ether oxygens (including phenoxy) is 1. The molecule has 0 saturated carbocycles. The Morgan fingerprint density at radius 2 is 2.25 bits per heavy atom. The maximum Gasteiger partial charge on any atom is 0.139 e. The van der Waals surface area contributed by atoms with Gasteiger partial charge in [0.2, 0.25) is 0 Å². The summed E-state index contributed by atoms with van der Waals surface area (Å²) < 4.78 is 21.4. The predicted octanol–water partition coefficient (Wildman–Crippen LogP) is 4.66. The van der Waals surface area contributed by atoms with Gasteiger partial charge in [0.05, 0.1) is 34.0 Å². The molecule has 2 rings (SSSR count). The highest BCUT2D eigenvalue weighted by atomic mass is 79.9. The molecule has 2 aromatic rings. The smallest absolute Gasteiger partial charge is 0.139 e. The van der Waals surface area contributed by atoms with Crippen LogP contribution >= 0.6 is 27.5 Å². The zero-order valence-electron chi connectivity index (χ0n) is 11.5. The summed E-state index contributed by atoms with van der Waals surface area (Å²) in [5.74, 6) is 0.717. The van der Waals surface area contributed by atoms with Crippen molar-refractivity contribution in [2.75, 3.05) is 13.7 Å². The SMILES string of the molecule is CCCC(COC)n1c(CCl)nc2cc(F)c(Br)cc21. The first-order chi connectivity index (χ1) is 9.62. The van der Waals surface area contributed by atoms with Gasteiger partial charge in [0.1, 0.15) is 11.6 Å². The van der Waals surface area contributed by atoms with Gasteiger partial charge in [-0.3, -0.25) is 0 Å². The minimum atomic E-state index is -0.318. The van der Waals surface area contributed by atoms with E-state index in [1.54, 1.807) is 13.2 Å². The Labute approximate surface area is 131 Å². The number of alkyl halides is 1. The van der Waals surface area contributed by atoms with Gasteiger partial charge in [-0.25, -0.2) is 9.37 Å². The predicted molar refractivity (Wildman–Crippen MR) is 82.8 cm³/mol. The molecule has 6 heteroatoms. The van der Waals surface area contributed by atoms with Crippen molar-refractivity contribution >= 4 is 38.6 Å². The Morgan fingerprint density at radius 1 is 1.50 bits per heavy atom. The molecule has 0 N–H and O–H groups in total. The molecule has 0 amide bonds. The lowest BCUT2D eigenvalue weighted by molar-refractivity contribution is 0.151. The minimum Gasteiger partial charge on any atom is -0.383 e. The Kier molecular flexibility index (Phi) is 5.41. The largest absolute Gasteiger partial charge is 0.383 e. The number of aromatic nitrogens is 2. The van der Waals surface area contributed by atoms with Crippen molar-refractivity contribution in [1.82, 2.24) is 9.55 Å². The summed E-state index contributed by atoms with van der Waals surface area (Å²) in [5, 5.41) is 0. The number of hydrogen-bond acceptors (Lipinski definition) is 2. The first-order valence-electron chi connectivity index (χ1n) is 6.53. The molecule has 0 aliphatic carbocycles. The van der Waals surface area contributed by atoms with Crippen LogP contribution in [0.3, 0.4) is 0 Å². The van der Waals surface area contributed by atoms with Crippen molar-refractivity contribution in [3.8, 4) is 0 Å². The maximum atomic E-state index is 13.6. The van der Waals surface area contributed by atoms with Crippen LogP contribution in [0.1, 0.15) is 31.6 Å². The summed E-state index contributed by atoms with van der Waals surface area (Å²) in [4.78, 5) is 4.43. The highest BCUT2D eigenvalue weighted by Crippen LogP contribution is 2.29. The molecule has 1 heterocycles. The number of rotatable bonds is 6. The van der Waals surface area contributed by atoms with Crippen LogP contribution in [-0.4, -0.2) is 23.3 Å². The van der Waals surface area contributed by atoms with Crippen molar-refractivity contribution in [3.05, 3.63) is 28.2 Å². The van der Waals surface area contributed by atoms with Gasteiger partial charge in [0.25, 0.3) is 0 Å². The molecule has 1 aromatic heterocycles. The molecule has 20 heavy (non-hydrogen) atoms. The van der Waals surface area contributed by atoms with E-state index in [0.29, 0.717) is 16.6 Å². The van der Waals surface area contributed by atoms with Crippen LogP contribution in [0.4, 0.5) is 4.39 Å². The van der Waals surface area contributed by atoms with Crippen LogP contribution in [0, 0.1) is 5.82 Å². The highest BCUT2D eigenvalue weighted by molar-refractivity contribution is 9.10. The number of nitrogens with zero attached hydrogens (tertiary/aromatic N) is 2. The van der Waals surface area contributed by atoms with Crippen LogP contribution in [0.15, 0.2) is 16.6 Å². The van der Waals surface area contributed by atoms with E-state index < -0.39 is 0 Å². The van der Waals surface area contributed by atoms with Crippen LogP contribution < -0.4 is 0 Å². The Bertz CT molecular complexity index is 596. The van der Waals surface area contributed by atoms with Gasteiger partial charge in [-0.05, 0) is 28.4 Å². The van der Waals surface area contributed by atoms with E-state index in [1.165, 1.54) is 6.07 Å². The van der Waals surface area contributed by atoms with Crippen molar-refractivity contribution < 1.29 is 9.13 Å². The third-order valence-electron chi connectivity index (χ3n) is 3.27. The summed E-state index contributed by atoms with van der Waals surface area (Å²) in [5.41, 5.74) is 1.50. The Morgan fingerprint density at radius 3 is 2.85 bits per heavy atom.